The fourth-order valence-corrected chi connectivity index (χ4v) is 3.82. The average molecular weight is 487 g/mol. The molecule has 12 heteroatoms. The quantitative estimate of drug-likeness (QED) is 0.341. The van der Waals surface area contributed by atoms with E-state index in [0.717, 1.165) is 18.9 Å². The van der Waals surface area contributed by atoms with Gasteiger partial charge in [-0.25, -0.2) is 9.97 Å². The van der Waals surface area contributed by atoms with Crippen molar-refractivity contribution in [1.82, 2.24) is 35.3 Å². The van der Waals surface area contributed by atoms with Gasteiger partial charge in [0.25, 0.3) is 5.91 Å². The number of anilines is 5. The Morgan fingerprint density at radius 1 is 1.03 bits per heavy atom. The van der Waals surface area contributed by atoms with Crippen LogP contribution < -0.4 is 25.6 Å². The average Bonchev–Trinajstić information content (AvgIpc) is 3.29. The van der Waals surface area contributed by atoms with Gasteiger partial charge in [0.05, 0.1) is 24.0 Å². The number of hydrogen-bond donors (Lipinski definition) is 3. The van der Waals surface area contributed by atoms with Crippen molar-refractivity contribution in [3.8, 4) is 17.1 Å². The lowest BCUT2D eigenvalue weighted by atomic mass is 10.1. The Bertz CT molecular complexity index is 1400. The number of aryl methyl sites for hydroxylation is 1. The molecule has 1 amide bonds. The number of pyridine rings is 1. The van der Waals surface area contributed by atoms with Crippen LogP contribution in [0.3, 0.4) is 0 Å². The number of carbonyl (C=O) groups is 1. The van der Waals surface area contributed by atoms with Gasteiger partial charge in [-0.2, -0.15) is 5.10 Å². The predicted octanol–water partition coefficient (Wildman–Crippen LogP) is 2.73. The van der Waals surface area contributed by atoms with Crippen LogP contribution in [0, 0.1) is 0 Å². The van der Waals surface area contributed by atoms with Gasteiger partial charge in [0.15, 0.2) is 23.1 Å². The molecule has 184 valence electrons. The zero-order valence-electron chi connectivity index (χ0n) is 20.2. The number of nitrogens with zero attached hydrogens (tertiary/aromatic N) is 7. The molecule has 0 radical (unpaired) electrons. The van der Waals surface area contributed by atoms with Crippen molar-refractivity contribution in [3.05, 3.63) is 54.5 Å². The van der Waals surface area contributed by atoms with E-state index < -0.39 is 0 Å². The lowest BCUT2D eigenvalue weighted by Gasteiger charge is -2.32. The van der Waals surface area contributed by atoms with Gasteiger partial charge < -0.3 is 25.6 Å². The second-order valence-corrected chi connectivity index (χ2v) is 8.17. The fourth-order valence-electron chi connectivity index (χ4n) is 3.82. The van der Waals surface area contributed by atoms with Crippen molar-refractivity contribution in [2.45, 2.75) is 6.42 Å². The third-order valence-electron chi connectivity index (χ3n) is 5.74. The maximum atomic E-state index is 12.6. The smallest absolute Gasteiger partial charge is 0.273 e. The van der Waals surface area contributed by atoms with Gasteiger partial charge in [-0.15, -0.1) is 10.2 Å². The molecule has 0 bridgehead atoms. The first-order valence-corrected chi connectivity index (χ1v) is 11.4. The largest absolute Gasteiger partial charge is 0.494 e. The van der Waals surface area contributed by atoms with Gasteiger partial charge in [0.1, 0.15) is 18.0 Å². The van der Waals surface area contributed by atoms with Gasteiger partial charge in [-0.05, 0) is 30.7 Å². The first-order chi connectivity index (χ1) is 17.6. The molecule has 1 saturated heterocycles. The van der Waals surface area contributed by atoms with E-state index in [1.54, 1.807) is 38.3 Å². The van der Waals surface area contributed by atoms with Crippen LogP contribution >= 0.6 is 0 Å². The molecule has 0 spiro atoms. The molecule has 0 atom stereocenters. The number of hydrogen-bond acceptors (Lipinski definition) is 10. The first kappa shape index (κ1) is 23.0. The van der Waals surface area contributed by atoms with Crippen molar-refractivity contribution < 1.29 is 9.53 Å². The topological polar surface area (TPSA) is 135 Å². The zero-order chi connectivity index (χ0) is 25.1. The second kappa shape index (κ2) is 9.86. The summed E-state index contributed by atoms with van der Waals surface area (Å²) in [6.45, 7) is 2.00. The van der Waals surface area contributed by atoms with Crippen LogP contribution in [0.1, 0.15) is 16.9 Å². The number of nitrogens with one attached hydrogen (secondary N) is 3. The summed E-state index contributed by atoms with van der Waals surface area (Å²) in [5.74, 6) is 2.64. The molecular weight excluding hydrogens is 460 g/mol. The van der Waals surface area contributed by atoms with Crippen LogP contribution in [0.2, 0.25) is 0 Å². The Morgan fingerprint density at radius 3 is 2.56 bits per heavy atom. The van der Waals surface area contributed by atoms with Gasteiger partial charge >= 0.3 is 0 Å². The molecule has 4 heterocycles. The minimum absolute atomic E-state index is 0.133. The monoisotopic (exact) mass is 486 g/mol. The number of methoxy groups -OCH3 is 1. The molecule has 0 saturated carbocycles. The van der Waals surface area contributed by atoms with E-state index in [1.165, 1.54) is 6.42 Å². The van der Waals surface area contributed by atoms with Crippen LogP contribution in [0.15, 0.2) is 48.8 Å². The lowest BCUT2D eigenvalue weighted by molar-refractivity contribution is 0.0958. The molecule has 0 unspecified atom stereocenters. The number of benzene rings is 1. The second-order valence-electron chi connectivity index (χ2n) is 8.17. The third kappa shape index (κ3) is 4.60. The van der Waals surface area contributed by atoms with E-state index in [1.807, 2.05) is 36.4 Å². The highest BCUT2D eigenvalue weighted by molar-refractivity contribution is 5.99. The molecule has 12 nitrogen and oxygen atoms in total. The van der Waals surface area contributed by atoms with Gasteiger partial charge in [0, 0.05) is 33.3 Å². The van der Waals surface area contributed by atoms with Gasteiger partial charge in [-0.1, -0.05) is 12.1 Å². The van der Waals surface area contributed by atoms with Crippen LogP contribution in [-0.2, 0) is 7.05 Å². The number of amides is 1. The molecule has 0 aliphatic carbocycles. The highest BCUT2D eigenvalue weighted by Gasteiger charge is 2.20. The zero-order valence-corrected chi connectivity index (χ0v) is 20.2. The Balaban J connectivity index is 1.48. The summed E-state index contributed by atoms with van der Waals surface area (Å²) < 4.78 is 7.32. The summed E-state index contributed by atoms with van der Waals surface area (Å²) in [5.41, 5.74) is 1.89. The number of ether oxygens (including phenoxy) is 1. The van der Waals surface area contributed by atoms with E-state index in [-0.39, 0.29) is 11.6 Å². The Morgan fingerprint density at radius 2 is 1.86 bits per heavy atom. The molecule has 3 aromatic heterocycles. The molecule has 4 aromatic rings. The molecular formula is C24H26N10O2. The van der Waals surface area contributed by atoms with E-state index in [2.05, 4.69) is 46.1 Å². The summed E-state index contributed by atoms with van der Waals surface area (Å²) in [5, 5.41) is 21.8. The first-order valence-electron chi connectivity index (χ1n) is 11.4. The lowest BCUT2D eigenvalue weighted by Crippen LogP contribution is -2.37. The Labute approximate surface area is 207 Å². The molecule has 1 fully saturated rings. The number of para-hydroxylation sites is 1. The maximum absolute atomic E-state index is 12.6. The van der Waals surface area contributed by atoms with E-state index in [0.29, 0.717) is 40.1 Å². The highest BCUT2D eigenvalue weighted by Crippen LogP contribution is 2.37. The standard InChI is InChI=1S/C24H26N10O2/c1-25-24(35)21-17(27-16-8-4-7-15(22(16)36-3)23-26-14-33(2)32-23)13-19(30-31-21)28-18-9-5-10-20(29-18)34-11-6-12-34/h4-5,7-10,13-14H,6,11-12H2,1-3H3,(H,25,35)(H2,27,28,29,30). The van der Waals surface area contributed by atoms with Crippen LogP contribution in [0.5, 0.6) is 5.75 Å². The minimum Gasteiger partial charge on any atom is -0.494 e. The molecule has 3 N–H and O–H groups in total. The van der Waals surface area contributed by atoms with Gasteiger partial charge in [-0.3, -0.25) is 9.48 Å². The van der Waals surface area contributed by atoms with E-state index >= 15 is 0 Å². The SMILES string of the molecule is CNC(=O)c1nnc(Nc2cccc(N3CCC3)n2)cc1Nc1cccc(-c2ncn(C)n2)c1OC. The molecule has 1 aliphatic heterocycles. The fraction of sp³-hybridized carbons (Fsp3) is 0.250. The van der Waals surface area contributed by atoms with E-state index in [9.17, 15) is 4.79 Å². The Hall–Kier alpha value is -4.74. The minimum atomic E-state index is -0.379. The normalized spacial score (nSPS) is 12.6. The summed E-state index contributed by atoms with van der Waals surface area (Å²) >= 11 is 0. The number of carbonyl (C=O) groups excluding carboxylic acids is 1. The van der Waals surface area contributed by atoms with Crippen molar-refractivity contribution >= 4 is 34.7 Å². The van der Waals surface area contributed by atoms with Crippen molar-refractivity contribution in [3.63, 3.8) is 0 Å². The number of aromatic nitrogens is 6. The third-order valence-corrected chi connectivity index (χ3v) is 5.74. The summed E-state index contributed by atoms with van der Waals surface area (Å²) in [6.07, 6.45) is 2.79. The van der Waals surface area contributed by atoms with Crippen molar-refractivity contribution in [1.29, 1.82) is 0 Å². The van der Waals surface area contributed by atoms with Crippen molar-refractivity contribution in [2.75, 3.05) is 42.8 Å². The Kier molecular flexibility index (Phi) is 6.31. The van der Waals surface area contributed by atoms with Gasteiger partial charge in [0.2, 0.25) is 0 Å². The summed E-state index contributed by atoms with van der Waals surface area (Å²) in [6, 6.07) is 13.1. The molecule has 1 aromatic carbocycles. The van der Waals surface area contributed by atoms with Crippen LogP contribution in [0.4, 0.5) is 28.8 Å². The predicted molar refractivity (Wildman–Crippen MR) is 136 cm³/mol. The summed E-state index contributed by atoms with van der Waals surface area (Å²) in [7, 11) is 4.91. The summed E-state index contributed by atoms with van der Waals surface area (Å²) in [4.78, 5) is 23.7. The van der Waals surface area contributed by atoms with Crippen LogP contribution in [0.25, 0.3) is 11.4 Å². The highest BCUT2D eigenvalue weighted by atomic mass is 16.5. The molecule has 36 heavy (non-hydrogen) atoms. The number of rotatable bonds is 8. The molecule has 1 aliphatic rings. The molecule has 5 rings (SSSR count). The van der Waals surface area contributed by atoms with E-state index in [4.69, 9.17) is 4.74 Å². The van der Waals surface area contributed by atoms with Crippen molar-refractivity contribution in [2.24, 2.45) is 7.05 Å². The van der Waals surface area contributed by atoms with Crippen LogP contribution in [-0.4, -0.2) is 63.1 Å². The maximum Gasteiger partial charge on any atom is 0.273 e.